The number of piperidine rings is 1. The summed E-state index contributed by atoms with van der Waals surface area (Å²) in [5.74, 6) is -2.08. The van der Waals surface area contributed by atoms with Crippen molar-refractivity contribution in [2.45, 2.75) is 43.6 Å². The molecule has 0 spiro atoms. The molecule has 1 aliphatic heterocycles. The quantitative estimate of drug-likeness (QED) is 0.854. The van der Waals surface area contributed by atoms with Crippen molar-refractivity contribution in [2.75, 3.05) is 13.1 Å². The molecule has 1 unspecified atom stereocenters. The highest BCUT2D eigenvalue weighted by Crippen LogP contribution is 2.44. The summed E-state index contributed by atoms with van der Waals surface area (Å²) < 4.78 is 26.4. The third-order valence-electron chi connectivity index (χ3n) is 3.85. The van der Waals surface area contributed by atoms with E-state index in [2.05, 4.69) is 11.1 Å². The van der Waals surface area contributed by atoms with Gasteiger partial charge in [-0.15, -0.1) is 11.3 Å². The summed E-state index contributed by atoms with van der Waals surface area (Å²) in [6.45, 7) is 0.570. The normalized spacial score (nSPS) is 24.9. The van der Waals surface area contributed by atoms with Gasteiger partial charge in [0.1, 0.15) is 6.04 Å². The molecule has 0 bridgehead atoms. The Bertz CT molecular complexity index is 494. The summed E-state index contributed by atoms with van der Waals surface area (Å²) in [7, 11) is 0. The SMILES string of the molecule is N#CC(c1scnc1C1CC1)N1CCC(F)(F)CC1. The minimum atomic E-state index is -2.57. The molecule has 0 radical (unpaired) electrons. The fraction of sp³-hybridized carbons (Fsp3) is 0.692. The fourth-order valence-electron chi connectivity index (χ4n) is 2.55. The first-order valence-electron chi connectivity index (χ1n) is 6.55. The summed E-state index contributed by atoms with van der Waals surface area (Å²) in [5.41, 5.74) is 2.79. The van der Waals surface area contributed by atoms with Crippen LogP contribution in [0.25, 0.3) is 0 Å². The van der Waals surface area contributed by atoms with Crippen LogP contribution in [0.15, 0.2) is 5.51 Å². The van der Waals surface area contributed by atoms with Crippen molar-refractivity contribution in [1.82, 2.24) is 9.88 Å². The molecule has 1 aromatic rings. The van der Waals surface area contributed by atoms with E-state index < -0.39 is 12.0 Å². The topological polar surface area (TPSA) is 39.9 Å². The predicted molar refractivity (Wildman–Crippen MR) is 68.2 cm³/mol. The molecule has 6 heteroatoms. The van der Waals surface area contributed by atoms with Crippen molar-refractivity contribution in [3.05, 3.63) is 16.1 Å². The van der Waals surface area contributed by atoms with Gasteiger partial charge < -0.3 is 0 Å². The second kappa shape index (κ2) is 4.80. The number of rotatable bonds is 3. The van der Waals surface area contributed by atoms with Gasteiger partial charge in [0.25, 0.3) is 5.92 Å². The first-order valence-corrected chi connectivity index (χ1v) is 7.43. The Balaban J connectivity index is 1.78. The molecule has 3 nitrogen and oxygen atoms in total. The van der Waals surface area contributed by atoms with Crippen molar-refractivity contribution in [3.8, 4) is 6.07 Å². The molecule has 1 atom stereocenters. The molecule has 2 aliphatic rings. The van der Waals surface area contributed by atoms with Crippen LogP contribution < -0.4 is 0 Å². The Morgan fingerprint density at radius 2 is 2.11 bits per heavy atom. The maximum Gasteiger partial charge on any atom is 0.250 e. The van der Waals surface area contributed by atoms with Gasteiger partial charge in [-0.1, -0.05) is 0 Å². The number of nitrogens with zero attached hydrogens (tertiary/aromatic N) is 3. The summed E-state index contributed by atoms with van der Waals surface area (Å²) in [4.78, 5) is 7.20. The number of thiazole rings is 1. The molecular formula is C13H15F2N3S. The summed E-state index contributed by atoms with van der Waals surface area (Å²) >= 11 is 1.48. The Morgan fingerprint density at radius 1 is 1.42 bits per heavy atom. The van der Waals surface area contributed by atoms with Crippen molar-refractivity contribution < 1.29 is 8.78 Å². The van der Waals surface area contributed by atoms with Crippen molar-refractivity contribution >= 4 is 11.3 Å². The first kappa shape index (κ1) is 12.9. The Labute approximate surface area is 114 Å². The van der Waals surface area contributed by atoms with Crippen LogP contribution in [-0.4, -0.2) is 28.9 Å². The maximum absolute atomic E-state index is 13.2. The summed E-state index contributed by atoms with van der Waals surface area (Å²) in [5, 5.41) is 9.41. The Morgan fingerprint density at radius 3 is 2.68 bits per heavy atom. The van der Waals surface area contributed by atoms with Crippen molar-refractivity contribution in [2.24, 2.45) is 0 Å². The number of nitriles is 1. The number of likely N-dealkylation sites (tertiary alicyclic amines) is 1. The van der Waals surface area contributed by atoms with Gasteiger partial charge in [0.15, 0.2) is 0 Å². The molecule has 0 N–H and O–H groups in total. The van der Waals surface area contributed by atoms with Gasteiger partial charge in [-0.25, -0.2) is 13.8 Å². The standard InChI is InChI=1S/C13H15F2N3S/c14-13(15)3-5-18(6-4-13)10(7-16)12-11(9-1-2-9)17-8-19-12/h8-10H,1-6H2. The number of hydrogen-bond acceptors (Lipinski definition) is 4. The lowest BCUT2D eigenvalue weighted by molar-refractivity contribution is -0.0593. The molecule has 1 saturated heterocycles. The summed E-state index contributed by atoms with van der Waals surface area (Å²) in [6, 6.07) is 1.87. The Hall–Kier alpha value is -1.06. The lowest BCUT2D eigenvalue weighted by Crippen LogP contribution is -2.41. The first-order chi connectivity index (χ1) is 9.11. The highest BCUT2D eigenvalue weighted by atomic mass is 32.1. The minimum Gasteiger partial charge on any atom is -0.283 e. The molecule has 1 aromatic heterocycles. The van der Waals surface area contributed by atoms with Gasteiger partial charge in [-0.3, -0.25) is 4.90 Å². The van der Waals surface area contributed by atoms with E-state index in [1.165, 1.54) is 11.3 Å². The van der Waals surface area contributed by atoms with Crippen LogP contribution in [0, 0.1) is 11.3 Å². The van der Waals surface area contributed by atoms with Crippen LogP contribution in [0.2, 0.25) is 0 Å². The van der Waals surface area contributed by atoms with E-state index in [1.54, 1.807) is 5.51 Å². The molecule has 2 fully saturated rings. The molecule has 1 aliphatic carbocycles. The maximum atomic E-state index is 13.2. The summed E-state index contributed by atoms with van der Waals surface area (Å²) in [6.07, 6.45) is 1.96. The average molecular weight is 283 g/mol. The molecule has 19 heavy (non-hydrogen) atoms. The highest BCUT2D eigenvalue weighted by molar-refractivity contribution is 7.09. The van der Waals surface area contributed by atoms with Gasteiger partial charge >= 0.3 is 0 Å². The lowest BCUT2D eigenvalue weighted by atomic mass is 10.0. The fourth-order valence-corrected chi connectivity index (χ4v) is 3.50. The predicted octanol–water partition coefficient (Wildman–Crippen LogP) is 3.32. The van der Waals surface area contributed by atoms with E-state index in [9.17, 15) is 14.0 Å². The number of halogens is 2. The molecule has 102 valence electrons. The van der Waals surface area contributed by atoms with Gasteiger partial charge in [-0.05, 0) is 12.8 Å². The highest BCUT2D eigenvalue weighted by Gasteiger charge is 2.39. The zero-order valence-corrected chi connectivity index (χ0v) is 11.3. The monoisotopic (exact) mass is 283 g/mol. The van der Waals surface area contributed by atoms with Crippen molar-refractivity contribution in [3.63, 3.8) is 0 Å². The third kappa shape index (κ3) is 2.63. The smallest absolute Gasteiger partial charge is 0.250 e. The van der Waals surface area contributed by atoms with Gasteiger partial charge in [0.2, 0.25) is 0 Å². The van der Waals surface area contributed by atoms with Gasteiger partial charge in [0.05, 0.1) is 22.2 Å². The largest absolute Gasteiger partial charge is 0.283 e. The number of alkyl halides is 2. The lowest BCUT2D eigenvalue weighted by Gasteiger charge is -2.34. The molecule has 2 heterocycles. The second-order valence-electron chi connectivity index (χ2n) is 5.30. The van der Waals surface area contributed by atoms with E-state index >= 15 is 0 Å². The van der Waals surface area contributed by atoms with Crippen LogP contribution in [-0.2, 0) is 0 Å². The number of aromatic nitrogens is 1. The molecule has 1 saturated carbocycles. The third-order valence-corrected chi connectivity index (χ3v) is 4.75. The number of hydrogen-bond donors (Lipinski definition) is 0. The van der Waals surface area contributed by atoms with Crippen LogP contribution in [0.4, 0.5) is 8.78 Å². The van der Waals surface area contributed by atoms with Crippen LogP contribution in [0.1, 0.15) is 48.2 Å². The molecule has 0 amide bonds. The van der Waals surface area contributed by atoms with Crippen LogP contribution in [0.3, 0.4) is 0 Å². The second-order valence-corrected chi connectivity index (χ2v) is 6.19. The van der Waals surface area contributed by atoms with Crippen LogP contribution >= 0.6 is 11.3 Å². The zero-order chi connectivity index (χ0) is 13.5. The molecular weight excluding hydrogens is 268 g/mol. The van der Waals surface area contributed by atoms with Gasteiger partial charge in [0, 0.05) is 31.8 Å². The van der Waals surface area contributed by atoms with E-state index in [4.69, 9.17) is 0 Å². The van der Waals surface area contributed by atoms with E-state index in [-0.39, 0.29) is 25.9 Å². The van der Waals surface area contributed by atoms with E-state index in [0.29, 0.717) is 5.92 Å². The van der Waals surface area contributed by atoms with E-state index in [1.807, 2.05) is 4.90 Å². The van der Waals surface area contributed by atoms with Crippen LogP contribution in [0.5, 0.6) is 0 Å². The zero-order valence-electron chi connectivity index (χ0n) is 10.5. The van der Waals surface area contributed by atoms with Gasteiger partial charge in [-0.2, -0.15) is 5.26 Å². The average Bonchev–Trinajstić information content (AvgIpc) is 3.12. The van der Waals surface area contributed by atoms with Crippen molar-refractivity contribution in [1.29, 1.82) is 5.26 Å². The molecule has 3 rings (SSSR count). The minimum absolute atomic E-state index is 0.150. The Kier molecular flexibility index (Phi) is 3.27. The molecule has 0 aromatic carbocycles. The van der Waals surface area contributed by atoms with E-state index in [0.717, 1.165) is 23.4 Å².